The van der Waals surface area contributed by atoms with Gasteiger partial charge in [0.05, 0.1) is 17.0 Å². The molecule has 3 rings (SSSR count). The van der Waals surface area contributed by atoms with Crippen LogP contribution in [0.3, 0.4) is 0 Å². The monoisotopic (exact) mass is 360 g/mol. The lowest BCUT2D eigenvalue weighted by Gasteiger charge is -2.07. The number of non-ortho nitro benzene ring substituents is 1. The number of nitro benzene ring substituents is 1. The number of nitrogens with zero attached hydrogens (tertiary/aromatic N) is 3. The van der Waals surface area contributed by atoms with E-state index in [4.69, 9.17) is 0 Å². The first kappa shape index (κ1) is 17.9. The molecule has 0 bridgehead atoms. The zero-order valence-electron chi connectivity index (χ0n) is 14.3. The van der Waals surface area contributed by atoms with E-state index in [0.29, 0.717) is 17.0 Å². The molecule has 0 radical (unpaired) electrons. The van der Waals surface area contributed by atoms with E-state index in [1.807, 2.05) is 42.5 Å². The highest BCUT2D eigenvalue weighted by atomic mass is 16.6. The minimum absolute atomic E-state index is 0.0151. The molecular weight excluding hydrogens is 344 g/mol. The topological polar surface area (TPSA) is 97.5 Å². The standard InChI is InChI=1S/C20H16N4O3/c25-19(14-15-9-11-17(12-10-15)24(26)27)22-23-20(16-6-2-1-3-7-16)18-8-4-5-13-21-18/h1-13H,14H2,(H,22,25)/b23-20-. The third-order valence-corrected chi connectivity index (χ3v) is 3.76. The summed E-state index contributed by atoms with van der Waals surface area (Å²) >= 11 is 0. The number of nitro groups is 1. The van der Waals surface area contributed by atoms with Gasteiger partial charge in [-0.3, -0.25) is 19.9 Å². The van der Waals surface area contributed by atoms with Crippen LogP contribution in [0.5, 0.6) is 0 Å². The van der Waals surface area contributed by atoms with Gasteiger partial charge in [-0.25, -0.2) is 5.43 Å². The number of hydrazone groups is 1. The molecule has 2 aromatic carbocycles. The minimum Gasteiger partial charge on any atom is -0.273 e. The smallest absolute Gasteiger partial charge is 0.269 e. The lowest BCUT2D eigenvalue weighted by atomic mass is 10.1. The van der Waals surface area contributed by atoms with E-state index in [-0.39, 0.29) is 18.0 Å². The number of nitrogens with one attached hydrogen (secondary N) is 1. The van der Waals surface area contributed by atoms with Crippen LogP contribution in [0.25, 0.3) is 0 Å². The Kier molecular flexibility index (Phi) is 5.64. The van der Waals surface area contributed by atoms with Crippen molar-refractivity contribution in [2.45, 2.75) is 6.42 Å². The lowest BCUT2D eigenvalue weighted by Crippen LogP contribution is -2.22. The number of rotatable bonds is 6. The molecule has 0 atom stereocenters. The summed E-state index contributed by atoms with van der Waals surface area (Å²) < 4.78 is 0. The van der Waals surface area contributed by atoms with Crippen molar-refractivity contribution in [3.05, 3.63) is 106 Å². The molecule has 134 valence electrons. The molecule has 3 aromatic rings. The minimum atomic E-state index is -0.479. The summed E-state index contributed by atoms with van der Waals surface area (Å²) in [4.78, 5) is 26.7. The van der Waals surface area contributed by atoms with Crippen molar-refractivity contribution in [2.75, 3.05) is 0 Å². The molecule has 0 fully saturated rings. The van der Waals surface area contributed by atoms with Crippen LogP contribution in [0.1, 0.15) is 16.8 Å². The van der Waals surface area contributed by atoms with Crippen LogP contribution in [0.4, 0.5) is 5.69 Å². The molecule has 0 aliphatic carbocycles. The predicted octanol–water partition coefficient (Wildman–Crippen LogP) is 3.10. The van der Waals surface area contributed by atoms with Gasteiger partial charge in [-0.2, -0.15) is 5.10 Å². The van der Waals surface area contributed by atoms with Crippen LogP contribution in [0.15, 0.2) is 84.1 Å². The normalized spacial score (nSPS) is 11.0. The van der Waals surface area contributed by atoms with Crippen LogP contribution in [0, 0.1) is 10.1 Å². The first-order valence-electron chi connectivity index (χ1n) is 8.20. The van der Waals surface area contributed by atoms with Crippen molar-refractivity contribution < 1.29 is 9.72 Å². The molecule has 1 N–H and O–H groups in total. The second-order valence-electron chi connectivity index (χ2n) is 5.68. The summed E-state index contributed by atoms with van der Waals surface area (Å²) in [7, 11) is 0. The molecule has 0 aliphatic rings. The van der Waals surface area contributed by atoms with E-state index in [0.717, 1.165) is 5.56 Å². The van der Waals surface area contributed by atoms with Crippen molar-refractivity contribution >= 4 is 17.3 Å². The summed E-state index contributed by atoms with van der Waals surface area (Å²) in [6.07, 6.45) is 1.72. The fraction of sp³-hybridized carbons (Fsp3) is 0.0500. The number of amides is 1. The van der Waals surface area contributed by atoms with Crippen molar-refractivity contribution in [1.82, 2.24) is 10.4 Å². The van der Waals surface area contributed by atoms with Crippen LogP contribution in [0.2, 0.25) is 0 Å². The number of pyridine rings is 1. The largest absolute Gasteiger partial charge is 0.273 e. The van der Waals surface area contributed by atoms with Crippen LogP contribution in [-0.2, 0) is 11.2 Å². The molecule has 1 aromatic heterocycles. The van der Waals surface area contributed by atoms with Gasteiger partial charge in [0.1, 0.15) is 5.71 Å². The maximum absolute atomic E-state index is 12.2. The number of hydrogen-bond donors (Lipinski definition) is 1. The molecule has 0 saturated carbocycles. The molecule has 1 amide bonds. The van der Waals surface area contributed by atoms with Crippen molar-refractivity contribution in [3.63, 3.8) is 0 Å². The zero-order valence-corrected chi connectivity index (χ0v) is 14.3. The number of aromatic nitrogens is 1. The zero-order chi connectivity index (χ0) is 19.1. The lowest BCUT2D eigenvalue weighted by molar-refractivity contribution is -0.384. The van der Waals surface area contributed by atoms with Crippen molar-refractivity contribution in [3.8, 4) is 0 Å². The van der Waals surface area contributed by atoms with Gasteiger partial charge >= 0.3 is 0 Å². The molecule has 0 spiro atoms. The molecule has 7 nitrogen and oxygen atoms in total. The first-order valence-corrected chi connectivity index (χ1v) is 8.20. The molecule has 7 heteroatoms. The van der Waals surface area contributed by atoms with Gasteiger partial charge in [0.2, 0.25) is 5.91 Å². The van der Waals surface area contributed by atoms with Gasteiger partial charge in [0.25, 0.3) is 5.69 Å². The van der Waals surface area contributed by atoms with E-state index in [1.165, 1.54) is 12.1 Å². The SMILES string of the molecule is O=C(Cc1ccc([N+](=O)[O-])cc1)N/N=C(/c1ccccc1)c1ccccn1. The fourth-order valence-electron chi connectivity index (χ4n) is 2.45. The Morgan fingerprint density at radius 1 is 1.00 bits per heavy atom. The van der Waals surface area contributed by atoms with Gasteiger partial charge in [-0.05, 0) is 17.7 Å². The molecule has 0 saturated heterocycles. The van der Waals surface area contributed by atoms with Gasteiger partial charge in [0, 0.05) is 23.9 Å². The van der Waals surface area contributed by atoms with E-state index in [2.05, 4.69) is 15.5 Å². The van der Waals surface area contributed by atoms with Crippen LogP contribution >= 0.6 is 0 Å². The summed E-state index contributed by atoms with van der Waals surface area (Å²) in [5, 5.41) is 14.9. The third kappa shape index (κ3) is 4.82. The van der Waals surface area contributed by atoms with Crippen LogP contribution < -0.4 is 5.43 Å². The van der Waals surface area contributed by atoms with E-state index >= 15 is 0 Å². The molecule has 0 unspecified atom stereocenters. The average Bonchev–Trinajstić information content (AvgIpc) is 2.70. The number of carbonyl (C=O) groups excluding carboxylic acids is 1. The summed E-state index contributed by atoms with van der Waals surface area (Å²) in [6, 6.07) is 20.7. The second-order valence-corrected chi connectivity index (χ2v) is 5.68. The maximum atomic E-state index is 12.2. The Bertz CT molecular complexity index is 914. The van der Waals surface area contributed by atoms with Gasteiger partial charge < -0.3 is 0 Å². The summed E-state index contributed by atoms with van der Waals surface area (Å²) in [5.74, 6) is -0.326. The van der Waals surface area contributed by atoms with E-state index < -0.39 is 4.92 Å². The van der Waals surface area contributed by atoms with Gasteiger partial charge in [-0.1, -0.05) is 48.5 Å². The Balaban J connectivity index is 1.76. The average molecular weight is 360 g/mol. The molecule has 1 heterocycles. The predicted molar refractivity (Wildman–Crippen MR) is 101 cm³/mol. The molecule has 27 heavy (non-hydrogen) atoms. The number of carbonyl (C=O) groups is 1. The summed E-state index contributed by atoms with van der Waals surface area (Å²) in [5.41, 5.74) is 5.20. The first-order chi connectivity index (χ1) is 13.1. The third-order valence-electron chi connectivity index (χ3n) is 3.76. The number of benzene rings is 2. The Hall–Kier alpha value is -3.87. The summed E-state index contributed by atoms with van der Waals surface area (Å²) in [6.45, 7) is 0. The molecule has 0 aliphatic heterocycles. The fourth-order valence-corrected chi connectivity index (χ4v) is 2.45. The quantitative estimate of drug-likeness (QED) is 0.415. The van der Waals surface area contributed by atoms with Gasteiger partial charge in [0.15, 0.2) is 0 Å². The number of hydrogen-bond acceptors (Lipinski definition) is 5. The highest BCUT2D eigenvalue weighted by Gasteiger charge is 2.10. The maximum Gasteiger partial charge on any atom is 0.269 e. The Morgan fingerprint density at radius 2 is 1.70 bits per heavy atom. The highest BCUT2D eigenvalue weighted by molar-refractivity contribution is 6.11. The van der Waals surface area contributed by atoms with Crippen molar-refractivity contribution in [2.24, 2.45) is 5.10 Å². The Morgan fingerprint density at radius 3 is 2.33 bits per heavy atom. The molecular formula is C20H16N4O3. The van der Waals surface area contributed by atoms with E-state index in [9.17, 15) is 14.9 Å². The highest BCUT2D eigenvalue weighted by Crippen LogP contribution is 2.12. The van der Waals surface area contributed by atoms with Crippen LogP contribution in [-0.4, -0.2) is 21.5 Å². The van der Waals surface area contributed by atoms with Crippen molar-refractivity contribution in [1.29, 1.82) is 0 Å². The Labute approximate surface area is 155 Å². The van der Waals surface area contributed by atoms with Gasteiger partial charge in [-0.15, -0.1) is 0 Å². The second kappa shape index (κ2) is 8.48. The van der Waals surface area contributed by atoms with E-state index in [1.54, 1.807) is 24.4 Å².